The van der Waals surface area contributed by atoms with Gasteiger partial charge in [0.1, 0.15) is 0 Å². The van der Waals surface area contributed by atoms with Crippen LogP contribution in [0.1, 0.15) is 15.9 Å². The van der Waals surface area contributed by atoms with E-state index in [1.54, 1.807) is 12.3 Å². The number of carbonyl (C=O) groups is 1. The predicted molar refractivity (Wildman–Crippen MR) is 84.0 cm³/mol. The van der Waals surface area contributed by atoms with E-state index in [2.05, 4.69) is 10.3 Å². The van der Waals surface area contributed by atoms with E-state index >= 15 is 0 Å². The summed E-state index contributed by atoms with van der Waals surface area (Å²) in [4.78, 5) is 16.5. The first-order valence-electron chi connectivity index (χ1n) is 6.71. The zero-order valence-electron chi connectivity index (χ0n) is 11.4. The van der Waals surface area contributed by atoms with E-state index in [4.69, 9.17) is 5.73 Å². The molecule has 0 atom stereocenters. The van der Waals surface area contributed by atoms with Crippen LogP contribution in [0.3, 0.4) is 0 Å². The number of fused-ring (bicyclic) bond motifs is 1. The fourth-order valence-corrected chi connectivity index (χ4v) is 2.14. The molecule has 0 aliphatic carbocycles. The van der Waals surface area contributed by atoms with Crippen molar-refractivity contribution >= 4 is 22.5 Å². The van der Waals surface area contributed by atoms with Crippen molar-refractivity contribution in [1.29, 1.82) is 0 Å². The highest BCUT2D eigenvalue weighted by atomic mass is 16.1. The standard InChI is InChI=1S/C17H15N3O/c18-11-12-3-6-15(7-4-12)20-17(21)14-5-8-16-13(10-14)2-1-9-19-16/h1-10H,11,18H2,(H,20,21). The molecule has 4 nitrogen and oxygen atoms in total. The minimum Gasteiger partial charge on any atom is -0.326 e. The molecule has 3 rings (SSSR count). The van der Waals surface area contributed by atoms with E-state index in [9.17, 15) is 4.79 Å². The van der Waals surface area contributed by atoms with Crippen LogP contribution in [0.25, 0.3) is 10.9 Å². The van der Waals surface area contributed by atoms with Crippen molar-refractivity contribution in [2.24, 2.45) is 5.73 Å². The Morgan fingerprint density at radius 2 is 1.90 bits per heavy atom. The second-order valence-electron chi connectivity index (χ2n) is 4.77. The monoisotopic (exact) mass is 277 g/mol. The van der Waals surface area contributed by atoms with Gasteiger partial charge in [-0.3, -0.25) is 9.78 Å². The van der Waals surface area contributed by atoms with Crippen molar-refractivity contribution < 1.29 is 4.79 Å². The Hall–Kier alpha value is -2.72. The summed E-state index contributed by atoms with van der Waals surface area (Å²) in [6, 6.07) is 16.8. The molecule has 0 radical (unpaired) electrons. The van der Waals surface area contributed by atoms with E-state index in [0.29, 0.717) is 12.1 Å². The molecule has 1 heterocycles. The maximum Gasteiger partial charge on any atom is 0.255 e. The van der Waals surface area contributed by atoms with Crippen molar-refractivity contribution in [2.45, 2.75) is 6.54 Å². The summed E-state index contributed by atoms with van der Waals surface area (Å²) in [5, 5.41) is 3.82. The molecule has 0 aliphatic heterocycles. The van der Waals surface area contributed by atoms with Crippen LogP contribution in [0.2, 0.25) is 0 Å². The summed E-state index contributed by atoms with van der Waals surface area (Å²) >= 11 is 0. The molecule has 0 saturated heterocycles. The Morgan fingerprint density at radius 1 is 1.10 bits per heavy atom. The van der Waals surface area contributed by atoms with Gasteiger partial charge in [-0.2, -0.15) is 0 Å². The zero-order chi connectivity index (χ0) is 14.7. The Kier molecular flexibility index (Phi) is 3.62. The van der Waals surface area contributed by atoms with Gasteiger partial charge in [0.15, 0.2) is 0 Å². The molecule has 3 N–H and O–H groups in total. The van der Waals surface area contributed by atoms with Gasteiger partial charge in [0.25, 0.3) is 5.91 Å². The molecule has 0 fully saturated rings. The number of pyridine rings is 1. The molecule has 0 spiro atoms. The molecule has 0 unspecified atom stereocenters. The highest BCUT2D eigenvalue weighted by Gasteiger charge is 2.07. The van der Waals surface area contributed by atoms with Gasteiger partial charge in [-0.15, -0.1) is 0 Å². The number of nitrogens with one attached hydrogen (secondary N) is 1. The van der Waals surface area contributed by atoms with Crippen molar-refractivity contribution in [2.75, 3.05) is 5.32 Å². The Morgan fingerprint density at radius 3 is 2.67 bits per heavy atom. The van der Waals surface area contributed by atoms with Crippen molar-refractivity contribution in [3.63, 3.8) is 0 Å². The third-order valence-electron chi connectivity index (χ3n) is 3.31. The third-order valence-corrected chi connectivity index (χ3v) is 3.31. The van der Waals surface area contributed by atoms with Crippen LogP contribution in [0.4, 0.5) is 5.69 Å². The van der Waals surface area contributed by atoms with E-state index in [1.165, 1.54) is 0 Å². The van der Waals surface area contributed by atoms with E-state index < -0.39 is 0 Å². The van der Waals surface area contributed by atoms with Crippen LogP contribution in [-0.2, 0) is 6.54 Å². The van der Waals surface area contributed by atoms with Gasteiger partial charge in [-0.1, -0.05) is 18.2 Å². The molecule has 2 aromatic carbocycles. The van der Waals surface area contributed by atoms with Crippen LogP contribution in [0.15, 0.2) is 60.8 Å². The van der Waals surface area contributed by atoms with Gasteiger partial charge >= 0.3 is 0 Å². The number of carbonyl (C=O) groups excluding carboxylic acids is 1. The first kappa shape index (κ1) is 13.3. The lowest BCUT2D eigenvalue weighted by molar-refractivity contribution is 0.102. The molecule has 104 valence electrons. The molecule has 4 heteroatoms. The van der Waals surface area contributed by atoms with Crippen LogP contribution in [0, 0.1) is 0 Å². The number of anilines is 1. The number of nitrogens with zero attached hydrogens (tertiary/aromatic N) is 1. The number of benzene rings is 2. The number of amides is 1. The Balaban J connectivity index is 1.82. The number of rotatable bonds is 3. The fraction of sp³-hybridized carbons (Fsp3) is 0.0588. The lowest BCUT2D eigenvalue weighted by Crippen LogP contribution is -2.11. The SMILES string of the molecule is NCc1ccc(NC(=O)c2ccc3ncccc3c2)cc1. The van der Waals surface area contributed by atoms with Gasteiger partial charge < -0.3 is 11.1 Å². The first-order chi connectivity index (χ1) is 10.3. The highest BCUT2D eigenvalue weighted by molar-refractivity contribution is 6.06. The van der Waals surface area contributed by atoms with Gasteiger partial charge in [0, 0.05) is 29.4 Å². The molecule has 0 aliphatic rings. The number of aromatic nitrogens is 1. The average molecular weight is 277 g/mol. The lowest BCUT2D eigenvalue weighted by atomic mass is 10.1. The minimum absolute atomic E-state index is 0.138. The smallest absolute Gasteiger partial charge is 0.255 e. The number of hydrogen-bond acceptors (Lipinski definition) is 3. The maximum atomic E-state index is 12.3. The quantitative estimate of drug-likeness (QED) is 0.773. The van der Waals surface area contributed by atoms with Gasteiger partial charge in [-0.25, -0.2) is 0 Å². The largest absolute Gasteiger partial charge is 0.326 e. The molecule has 1 aromatic heterocycles. The zero-order valence-corrected chi connectivity index (χ0v) is 11.4. The second-order valence-corrected chi connectivity index (χ2v) is 4.77. The summed E-state index contributed by atoms with van der Waals surface area (Å²) in [5.41, 5.74) is 8.82. The minimum atomic E-state index is -0.138. The first-order valence-corrected chi connectivity index (χ1v) is 6.71. The van der Waals surface area contributed by atoms with Gasteiger partial charge in [0.2, 0.25) is 0 Å². The van der Waals surface area contributed by atoms with E-state index in [0.717, 1.165) is 22.2 Å². The normalized spacial score (nSPS) is 10.5. The molecule has 0 saturated carbocycles. The summed E-state index contributed by atoms with van der Waals surface area (Å²) in [7, 11) is 0. The Labute approximate surface area is 122 Å². The van der Waals surface area contributed by atoms with Crippen molar-refractivity contribution in [1.82, 2.24) is 4.98 Å². The fourth-order valence-electron chi connectivity index (χ4n) is 2.14. The van der Waals surface area contributed by atoms with Crippen LogP contribution in [0.5, 0.6) is 0 Å². The highest BCUT2D eigenvalue weighted by Crippen LogP contribution is 2.15. The van der Waals surface area contributed by atoms with Crippen molar-refractivity contribution in [3.05, 3.63) is 71.9 Å². The molecular weight excluding hydrogens is 262 g/mol. The third kappa shape index (κ3) is 2.90. The van der Waals surface area contributed by atoms with E-state index in [1.807, 2.05) is 48.5 Å². The maximum absolute atomic E-state index is 12.3. The summed E-state index contributed by atoms with van der Waals surface area (Å²) in [5.74, 6) is -0.138. The van der Waals surface area contributed by atoms with Crippen LogP contribution < -0.4 is 11.1 Å². The Bertz CT molecular complexity index is 781. The predicted octanol–water partition coefficient (Wildman–Crippen LogP) is 2.95. The second kappa shape index (κ2) is 5.73. The average Bonchev–Trinajstić information content (AvgIpc) is 2.55. The molecule has 1 amide bonds. The number of nitrogens with two attached hydrogens (primary N) is 1. The molecular formula is C17H15N3O. The summed E-state index contributed by atoms with van der Waals surface area (Å²) in [6.07, 6.45) is 1.74. The van der Waals surface area contributed by atoms with Gasteiger partial charge in [0.05, 0.1) is 5.52 Å². The van der Waals surface area contributed by atoms with E-state index in [-0.39, 0.29) is 5.91 Å². The number of hydrogen-bond donors (Lipinski definition) is 2. The molecule has 3 aromatic rings. The molecule has 0 bridgehead atoms. The van der Waals surface area contributed by atoms with Crippen LogP contribution >= 0.6 is 0 Å². The van der Waals surface area contributed by atoms with Gasteiger partial charge in [-0.05, 0) is 42.0 Å². The topological polar surface area (TPSA) is 68.0 Å². The molecule has 21 heavy (non-hydrogen) atoms. The summed E-state index contributed by atoms with van der Waals surface area (Å²) in [6.45, 7) is 0.492. The summed E-state index contributed by atoms with van der Waals surface area (Å²) < 4.78 is 0. The van der Waals surface area contributed by atoms with Crippen molar-refractivity contribution in [3.8, 4) is 0 Å². The lowest BCUT2D eigenvalue weighted by Gasteiger charge is -2.07. The van der Waals surface area contributed by atoms with Crippen LogP contribution in [-0.4, -0.2) is 10.9 Å².